The molecular formula is C25H28N4O4S3. The number of sulfonamides is 1. The molecule has 0 aliphatic carbocycles. The molecule has 2 aliphatic heterocycles. The summed E-state index contributed by atoms with van der Waals surface area (Å²) >= 11 is 2.50. The third kappa shape index (κ3) is 4.98. The first kappa shape index (κ1) is 25.1. The molecule has 2 aromatic heterocycles. The number of nitrogens with zero attached hydrogens (tertiary/aromatic N) is 2. The molecule has 190 valence electrons. The van der Waals surface area contributed by atoms with Crippen LogP contribution in [0.3, 0.4) is 0 Å². The Hall–Kier alpha value is -2.57. The zero-order valence-electron chi connectivity index (χ0n) is 19.7. The van der Waals surface area contributed by atoms with Crippen molar-refractivity contribution in [3.63, 3.8) is 0 Å². The monoisotopic (exact) mass is 544 g/mol. The summed E-state index contributed by atoms with van der Waals surface area (Å²) in [6, 6.07) is 12.6. The lowest BCUT2D eigenvalue weighted by Crippen LogP contribution is -2.49. The van der Waals surface area contributed by atoms with E-state index in [9.17, 15) is 18.0 Å². The summed E-state index contributed by atoms with van der Waals surface area (Å²) in [4.78, 5) is 29.2. The van der Waals surface area contributed by atoms with Gasteiger partial charge in [-0.15, -0.1) is 22.7 Å². The van der Waals surface area contributed by atoms with E-state index >= 15 is 0 Å². The number of rotatable bonds is 7. The number of primary amides is 1. The highest BCUT2D eigenvalue weighted by atomic mass is 32.2. The predicted molar refractivity (Wildman–Crippen MR) is 142 cm³/mol. The van der Waals surface area contributed by atoms with Crippen LogP contribution in [0.25, 0.3) is 0 Å². The Labute approximate surface area is 218 Å². The number of thiophene rings is 2. The van der Waals surface area contributed by atoms with Gasteiger partial charge < -0.3 is 11.1 Å². The second-order valence-electron chi connectivity index (χ2n) is 9.07. The van der Waals surface area contributed by atoms with Gasteiger partial charge in [-0.05, 0) is 41.8 Å². The van der Waals surface area contributed by atoms with Crippen molar-refractivity contribution in [2.24, 2.45) is 5.73 Å². The number of nitrogens with two attached hydrogens (primary N) is 1. The van der Waals surface area contributed by atoms with Crippen LogP contribution in [0.1, 0.15) is 45.6 Å². The van der Waals surface area contributed by atoms with Gasteiger partial charge in [0.1, 0.15) is 15.3 Å². The van der Waals surface area contributed by atoms with Crippen molar-refractivity contribution in [3.8, 4) is 0 Å². The van der Waals surface area contributed by atoms with E-state index in [1.165, 1.54) is 21.2 Å². The van der Waals surface area contributed by atoms with Crippen molar-refractivity contribution in [3.05, 3.63) is 69.4 Å². The van der Waals surface area contributed by atoms with Crippen molar-refractivity contribution in [1.29, 1.82) is 0 Å². The molecule has 11 heteroatoms. The Morgan fingerprint density at radius 2 is 1.89 bits per heavy atom. The number of carbonyl (C=O) groups is 2. The van der Waals surface area contributed by atoms with Crippen LogP contribution in [0.2, 0.25) is 0 Å². The minimum atomic E-state index is -3.77. The fraction of sp³-hybridized carbons (Fsp3) is 0.360. The summed E-state index contributed by atoms with van der Waals surface area (Å²) in [6.45, 7) is 2.52. The molecule has 1 saturated heterocycles. The SMILES string of the molecule is NC(=O)c1c(NC(=O)C2CCCCN2S(=O)(=O)c2cccs2)sc2c1CCN(Cc1ccccc1)C2. The topological polar surface area (TPSA) is 113 Å². The smallest absolute Gasteiger partial charge is 0.253 e. The van der Waals surface area contributed by atoms with Crippen LogP contribution in [0, 0.1) is 0 Å². The molecule has 1 aromatic carbocycles. The predicted octanol–water partition coefficient (Wildman–Crippen LogP) is 3.65. The van der Waals surface area contributed by atoms with Gasteiger partial charge in [0.25, 0.3) is 15.9 Å². The molecular weight excluding hydrogens is 517 g/mol. The number of benzene rings is 1. The number of fused-ring (bicyclic) bond motifs is 1. The van der Waals surface area contributed by atoms with Crippen molar-refractivity contribution in [1.82, 2.24) is 9.21 Å². The standard InChI is InChI=1S/C25H28N4O4S3/c26-23(30)22-18-11-13-28(15-17-7-2-1-3-8-17)16-20(18)35-25(22)27-24(31)19-9-4-5-12-29(19)36(32,33)21-10-6-14-34-21/h1-3,6-8,10,14,19H,4-5,9,11-13,15-16H2,(H2,26,30)(H,27,31). The Balaban J connectivity index is 1.37. The second-order valence-corrected chi connectivity index (χ2v) is 13.2. The van der Waals surface area contributed by atoms with E-state index in [1.54, 1.807) is 17.5 Å². The van der Waals surface area contributed by atoms with Gasteiger partial charge in [0.2, 0.25) is 5.91 Å². The number of piperidine rings is 1. The molecule has 5 rings (SSSR count). The van der Waals surface area contributed by atoms with Gasteiger partial charge in [0.05, 0.1) is 5.56 Å². The zero-order chi connectivity index (χ0) is 25.3. The molecule has 1 unspecified atom stereocenters. The molecule has 0 radical (unpaired) electrons. The molecule has 3 N–H and O–H groups in total. The first-order chi connectivity index (χ1) is 17.3. The van der Waals surface area contributed by atoms with Crippen LogP contribution in [0.15, 0.2) is 52.1 Å². The quantitative estimate of drug-likeness (QED) is 0.472. The number of anilines is 1. The van der Waals surface area contributed by atoms with Gasteiger partial charge in [0.15, 0.2) is 0 Å². The highest BCUT2D eigenvalue weighted by Crippen LogP contribution is 2.38. The molecule has 0 bridgehead atoms. The molecule has 36 heavy (non-hydrogen) atoms. The van der Waals surface area contributed by atoms with E-state index in [1.807, 2.05) is 18.2 Å². The first-order valence-electron chi connectivity index (χ1n) is 11.9. The van der Waals surface area contributed by atoms with E-state index in [0.717, 1.165) is 41.3 Å². The van der Waals surface area contributed by atoms with E-state index in [0.29, 0.717) is 36.4 Å². The van der Waals surface area contributed by atoms with Gasteiger partial charge in [-0.25, -0.2) is 8.42 Å². The van der Waals surface area contributed by atoms with E-state index < -0.39 is 27.9 Å². The molecule has 1 fully saturated rings. The Morgan fingerprint density at radius 3 is 2.61 bits per heavy atom. The van der Waals surface area contributed by atoms with Crippen LogP contribution in [-0.2, 0) is 34.3 Å². The summed E-state index contributed by atoms with van der Waals surface area (Å²) in [5, 5.41) is 5.01. The summed E-state index contributed by atoms with van der Waals surface area (Å²) in [6.07, 6.45) is 2.55. The summed E-state index contributed by atoms with van der Waals surface area (Å²) in [7, 11) is -3.77. The maximum atomic E-state index is 13.4. The molecule has 2 amide bonds. The maximum Gasteiger partial charge on any atom is 0.253 e. The molecule has 0 spiro atoms. The van der Waals surface area contributed by atoms with Crippen molar-refractivity contribution in [2.75, 3.05) is 18.4 Å². The van der Waals surface area contributed by atoms with Crippen molar-refractivity contribution < 1.29 is 18.0 Å². The molecule has 4 heterocycles. The van der Waals surface area contributed by atoms with Gasteiger partial charge >= 0.3 is 0 Å². The average molecular weight is 545 g/mol. The van der Waals surface area contributed by atoms with Gasteiger partial charge in [-0.2, -0.15) is 4.31 Å². The largest absolute Gasteiger partial charge is 0.365 e. The average Bonchev–Trinajstić information content (AvgIpc) is 3.53. The fourth-order valence-electron chi connectivity index (χ4n) is 4.96. The van der Waals surface area contributed by atoms with Crippen LogP contribution >= 0.6 is 22.7 Å². The van der Waals surface area contributed by atoms with Crippen molar-refractivity contribution in [2.45, 2.75) is 49.0 Å². The van der Waals surface area contributed by atoms with Gasteiger partial charge in [-0.1, -0.05) is 42.8 Å². The van der Waals surface area contributed by atoms with Crippen LogP contribution in [-0.4, -0.2) is 48.6 Å². The number of hydrogen-bond acceptors (Lipinski definition) is 7. The lowest BCUT2D eigenvalue weighted by molar-refractivity contribution is -0.120. The minimum Gasteiger partial charge on any atom is -0.365 e. The first-order valence-corrected chi connectivity index (χ1v) is 15.0. The van der Waals surface area contributed by atoms with Crippen LogP contribution in [0.4, 0.5) is 5.00 Å². The number of amides is 2. The molecule has 8 nitrogen and oxygen atoms in total. The molecule has 3 aromatic rings. The number of carbonyl (C=O) groups excluding carboxylic acids is 2. The minimum absolute atomic E-state index is 0.227. The van der Waals surface area contributed by atoms with Crippen LogP contribution < -0.4 is 11.1 Å². The zero-order valence-corrected chi connectivity index (χ0v) is 22.1. The lowest BCUT2D eigenvalue weighted by Gasteiger charge is -2.33. The molecule has 0 saturated carbocycles. The lowest BCUT2D eigenvalue weighted by atomic mass is 10.0. The van der Waals surface area contributed by atoms with Crippen LogP contribution in [0.5, 0.6) is 0 Å². The highest BCUT2D eigenvalue weighted by molar-refractivity contribution is 7.91. The summed E-state index contributed by atoms with van der Waals surface area (Å²) in [5.41, 5.74) is 8.21. The number of nitrogens with one attached hydrogen (secondary N) is 1. The molecule has 1 atom stereocenters. The van der Waals surface area contributed by atoms with Gasteiger partial charge in [0, 0.05) is 31.1 Å². The highest BCUT2D eigenvalue weighted by Gasteiger charge is 2.39. The Bertz CT molecular complexity index is 1350. The summed E-state index contributed by atoms with van der Waals surface area (Å²) < 4.78 is 28.0. The Kier molecular flexibility index (Phi) is 7.27. The van der Waals surface area contributed by atoms with E-state index in [4.69, 9.17) is 5.73 Å². The Morgan fingerprint density at radius 1 is 1.08 bits per heavy atom. The maximum absolute atomic E-state index is 13.4. The van der Waals surface area contributed by atoms with Crippen molar-refractivity contribution >= 4 is 49.5 Å². The third-order valence-electron chi connectivity index (χ3n) is 6.68. The normalized spacial score (nSPS) is 19.1. The fourth-order valence-corrected chi connectivity index (χ4v) is 9.03. The molecule has 2 aliphatic rings. The number of hydrogen-bond donors (Lipinski definition) is 2. The van der Waals surface area contributed by atoms with E-state index in [-0.39, 0.29) is 10.8 Å². The van der Waals surface area contributed by atoms with E-state index in [2.05, 4.69) is 22.3 Å². The third-order valence-corrected chi connectivity index (χ3v) is 11.1. The van der Waals surface area contributed by atoms with Gasteiger partial charge in [-0.3, -0.25) is 14.5 Å². The summed E-state index contributed by atoms with van der Waals surface area (Å²) in [5.74, 6) is -0.997. The second kappa shape index (κ2) is 10.4.